The highest BCUT2D eigenvalue weighted by Gasteiger charge is 2.31. The first-order valence-electron chi connectivity index (χ1n) is 7.55. The summed E-state index contributed by atoms with van der Waals surface area (Å²) in [5.41, 5.74) is 2.51. The van der Waals surface area contributed by atoms with Crippen LogP contribution in [0.1, 0.15) is 36.4 Å². The van der Waals surface area contributed by atoms with E-state index in [4.69, 9.17) is 0 Å². The van der Waals surface area contributed by atoms with Crippen molar-refractivity contribution in [2.45, 2.75) is 31.7 Å². The molecule has 3 rings (SSSR count). The van der Waals surface area contributed by atoms with Gasteiger partial charge in [0.25, 0.3) is 0 Å². The molecule has 1 N–H and O–H groups in total. The van der Waals surface area contributed by atoms with Gasteiger partial charge in [0.1, 0.15) is 0 Å². The van der Waals surface area contributed by atoms with E-state index in [1.54, 1.807) is 4.90 Å². The summed E-state index contributed by atoms with van der Waals surface area (Å²) < 4.78 is 0. The van der Waals surface area contributed by atoms with Gasteiger partial charge in [0.15, 0.2) is 0 Å². The molecule has 0 bridgehead atoms. The second kappa shape index (κ2) is 5.83. The first-order chi connectivity index (χ1) is 9.75. The Morgan fingerprint density at radius 3 is 2.65 bits per heavy atom. The molecule has 4 heteroatoms. The van der Waals surface area contributed by atoms with E-state index < -0.39 is 6.09 Å². The summed E-state index contributed by atoms with van der Waals surface area (Å²) in [6.45, 7) is 3.66. The summed E-state index contributed by atoms with van der Waals surface area (Å²) in [6.07, 6.45) is 3.82. The van der Waals surface area contributed by atoms with Gasteiger partial charge in [-0.3, -0.25) is 4.90 Å². The molecule has 0 saturated carbocycles. The standard InChI is InChI=1S/C16H22N2O2/c19-16(20)18-11-8-13-6-2-3-7-14(13)15(18)12-17-9-4-1-5-10-17/h2-3,6-7,15H,1,4-5,8-12H2,(H,19,20)/t15-/m1/s1. The molecule has 108 valence electrons. The molecule has 0 unspecified atom stereocenters. The lowest BCUT2D eigenvalue weighted by atomic mass is 9.92. The number of fused-ring (bicyclic) bond motifs is 1. The largest absolute Gasteiger partial charge is 0.465 e. The van der Waals surface area contributed by atoms with Gasteiger partial charge >= 0.3 is 6.09 Å². The predicted octanol–water partition coefficient (Wildman–Crippen LogP) is 2.75. The van der Waals surface area contributed by atoms with E-state index in [1.807, 2.05) is 12.1 Å². The number of hydrogen-bond donors (Lipinski definition) is 1. The molecule has 1 aromatic carbocycles. The van der Waals surface area contributed by atoms with Crippen LogP contribution in [-0.2, 0) is 6.42 Å². The Hall–Kier alpha value is -1.55. The Balaban J connectivity index is 1.84. The van der Waals surface area contributed by atoms with E-state index >= 15 is 0 Å². The van der Waals surface area contributed by atoms with Crippen molar-refractivity contribution in [3.05, 3.63) is 35.4 Å². The molecule has 1 aromatic rings. The van der Waals surface area contributed by atoms with Crippen LogP contribution in [0.2, 0.25) is 0 Å². The summed E-state index contributed by atoms with van der Waals surface area (Å²) in [7, 11) is 0. The van der Waals surface area contributed by atoms with Gasteiger partial charge in [-0.1, -0.05) is 30.7 Å². The second-order valence-corrected chi connectivity index (χ2v) is 5.80. The summed E-state index contributed by atoms with van der Waals surface area (Å²) >= 11 is 0. The van der Waals surface area contributed by atoms with Crippen LogP contribution in [0, 0.1) is 0 Å². The zero-order valence-corrected chi connectivity index (χ0v) is 11.8. The van der Waals surface area contributed by atoms with Crippen molar-refractivity contribution in [3.8, 4) is 0 Å². The fourth-order valence-electron chi connectivity index (χ4n) is 3.46. The first-order valence-corrected chi connectivity index (χ1v) is 7.55. The summed E-state index contributed by atoms with van der Waals surface area (Å²) in [5.74, 6) is 0. The number of carbonyl (C=O) groups is 1. The van der Waals surface area contributed by atoms with Gasteiger partial charge in [0.05, 0.1) is 6.04 Å². The smallest absolute Gasteiger partial charge is 0.407 e. The van der Waals surface area contributed by atoms with Crippen LogP contribution < -0.4 is 0 Å². The molecular formula is C16H22N2O2. The van der Waals surface area contributed by atoms with Crippen LogP contribution in [0.25, 0.3) is 0 Å². The van der Waals surface area contributed by atoms with Crippen LogP contribution in [0.15, 0.2) is 24.3 Å². The molecule has 4 nitrogen and oxygen atoms in total. The molecule has 2 aliphatic rings. The molecule has 0 aliphatic carbocycles. The fraction of sp³-hybridized carbons (Fsp3) is 0.562. The Bertz CT molecular complexity index is 483. The number of nitrogens with zero attached hydrogens (tertiary/aromatic N) is 2. The zero-order chi connectivity index (χ0) is 13.9. The minimum Gasteiger partial charge on any atom is -0.465 e. The lowest BCUT2D eigenvalue weighted by Gasteiger charge is -2.39. The van der Waals surface area contributed by atoms with E-state index in [-0.39, 0.29) is 6.04 Å². The maximum absolute atomic E-state index is 11.5. The van der Waals surface area contributed by atoms with Crippen LogP contribution in [-0.4, -0.2) is 47.2 Å². The lowest BCUT2D eigenvalue weighted by Crippen LogP contribution is -2.45. The Kier molecular flexibility index (Phi) is 3.92. The van der Waals surface area contributed by atoms with Gasteiger partial charge in [-0.15, -0.1) is 0 Å². The second-order valence-electron chi connectivity index (χ2n) is 5.80. The van der Waals surface area contributed by atoms with E-state index in [9.17, 15) is 9.90 Å². The highest BCUT2D eigenvalue weighted by Crippen LogP contribution is 2.31. The molecule has 1 amide bonds. The van der Waals surface area contributed by atoms with E-state index in [2.05, 4.69) is 17.0 Å². The third kappa shape index (κ3) is 2.66. The Labute approximate surface area is 120 Å². The maximum Gasteiger partial charge on any atom is 0.407 e. The number of benzene rings is 1. The van der Waals surface area contributed by atoms with Crippen molar-refractivity contribution in [1.29, 1.82) is 0 Å². The minimum atomic E-state index is -0.790. The van der Waals surface area contributed by atoms with Crippen LogP contribution in [0.4, 0.5) is 4.79 Å². The molecule has 0 aromatic heterocycles. The molecule has 2 aliphatic heterocycles. The molecule has 0 radical (unpaired) electrons. The van der Waals surface area contributed by atoms with Gasteiger partial charge < -0.3 is 10.0 Å². The van der Waals surface area contributed by atoms with Crippen LogP contribution in [0.5, 0.6) is 0 Å². The molecule has 20 heavy (non-hydrogen) atoms. The predicted molar refractivity (Wildman–Crippen MR) is 77.9 cm³/mol. The highest BCUT2D eigenvalue weighted by molar-refractivity contribution is 5.66. The number of rotatable bonds is 2. The number of hydrogen-bond acceptors (Lipinski definition) is 2. The molecular weight excluding hydrogens is 252 g/mol. The lowest BCUT2D eigenvalue weighted by molar-refractivity contribution is 0.0958. The minimum absolute atomic E-state index is 0.00412. The first kappa shape index (κ1) is 13.4. The SMILES string of the molecule is O=C(O)N1CCc2ccccc2[C@H]1CN1CCCCC1. The molecule has 0 spiro atoms. The van der Waals surface area contributed by atoms with E-state index in [1.165, 1.54) is 30.4 Å². The third-order valence-corrected chi connectivity index (χ3v) is 4.54. The quantitative estimate of drug-likeness (QED) is 0.902. The van der Waals surface area contributed by atoms with Crippen molar-refractivity contribution >= 4 is 6.09 Å². The van der Waals surface area contributed by atoms with Gasteiger partial charge in [-0.05, 0) is 43.5 Å². The van der Waals surface area contributed by atoms with Gasteiger partial charge in [0, 0.05) is 13.1 Å². The third-order valence-electron chi connectivity index (χ3n) is 4.54. The normalized spacial score (nSPS) is 23.4. The summed E-state index contributed by atoms with van der Waals surface area (Å²) in [5, 5.41) is 9.47. The van der Waals surface area contributed by atoms with Crippen molar-refractivity contribution in [2.24, 2.45) is 0 Å². The van der Waals surface area contributed by atoms with Crippen molar-refractivity contribution in [2.75, 3.05) is 26.2 Å². The molecule has 2 heterocycles. The van der Waals surface area contributed by atoms with Gasteiger partial charge in [0.2, 0.25) is 0 Å². The van der Waals surface area contributed by atoms with Gasteiger partial charge in [-0.25, -0.2) is 4.79 Å². The molecule has 1 saturated heterocycles. The Morgan fingerprint density at radius 1 is 1.15 bits per heavy atom. The van der Waals surface area contributed by atoms with E-state index in [0.717, 1.165) is 26.1 Å². The maximum atomic E-state index is 11.5. The van der Waals surface area contributed by atoms with E-state index in [0.29, 0.717) is 6.54 Å². The zero-order valence-electron chi connectivity index (χ0n) is 11.8. The molecule has 1 fully saturated rings. The average Bonchev–Trinajstić information content (AvgIpc) is 2.48. The summed E-state index contributed by atoms with van der Waals surface area (Å²) in [4.78, 5) is 15.6. The average molecular weight is 274 g/mol. The number of carboxylic acid groups (broad SMARTS) is 1. The Morgan fingerprint density at radius 2 is 1.90 bits per heavy atom. The molecule has 1 atom stereocenters. The summed E-state index contributed by atoms with van der Waals surface area (Å²) in [6, 6.07) is 8.30. The topological polar surface area (TPSA) is 43.8 Å². The van der Waals surface area contributed by atoms with Crippen molar-refractivity contribution < 1.29 is 9.90 Å². The monoisotopic (exact) mass is 274 g/mol. The van der Waals surface area contributed by atoms with Crippen molar-refractivity contribution in [3.63, 3.8) is 0 Å². The van der Waals surface area contributed by atoms with Crippen molar-refractivity contribution in [1.82, 2.24) is 9.80 Å². The number of piperidine rings is 1. The number of likely N-dealkylation sites (tertiary alicyclic amines) is 1. The van der Waals surface area contributed by atoms with Gasteiger partial charge in [-0.2, -0.15) is 0 Å². The number of amides is 1. The highest BCUT2D eigenvalue weighted by atomic mass is 16.4. The van der Waals surface area contributed by atoms with Crippen LogP contribution in [0.3, 0.4) is 0 Å². The fourth-order valence-corrected chi connectivity index (χ4v) is 3.46. The van der Waals surface area contributed by atoms with Crippen LogP contribution >= 0.6 is 0 Å².